The van der Waals surface area contributed by atoms with Gasteiger partial charge in [0, 0.05) is 12.0 Å². The van der Waals surface area contributed by atoms with Crippen molar-refractivity contribution >= 4 is 5.91 Å². The number of rotatable bonds is 2. The van der Waals surface area contributed by atoms with Crippen LogP contribution in [0.5, 0.6) is 0 Å². The summed E-state index contributed by atoms with van der Waals surface area (Å²) in [5.41, 5.74) is 0. The van der Waals surface area contributed by atoms with Gasteiger partial charge in [0.25, 0.3) is 0 Å². The van der Waals surface area contributed by atoms with Crippen LogP contribution in [0.3, 0.4) is 0 Å². The average Bonchev–Trinajstić information content (AvgIpc) is 2.64. The quantitative estimate of drug-likeness (QED) is 0.693. The maximum Gasteiger partial charge on any atom is 0.222 e. The highest BCUT2D eigenvalue weighted by Crippen LogP contribution is 2.44. The molecule has 74 valence electrons. The highest BCUT2D eigenvalue weighted by atomic mass is 16.1. The first-order chi connectivity index (χ1) is 6.16. The fourth-order valence-electron chi connectivity index (χ4n) is 2.77. The standard InChI is InChI=1S/C11H19NO/c1-7(2)11(13)12-10-6-8-3-4-9(10)5-8/h7-10H,3-6H2,1-2H3,(H,12,13). The molecular weight excluding hydrogens is 162 g/mol. The molecule has 2 aliphatic carbocycles. The van der Waals surface area contributed by atoms with Gasteiger partial charge < -0.3 is 5.32 Å². The normalized spacial score (nSPS) is 37.0. The van der Waals surface area contributed by atoms with Gasteiger partial charge in [0.2, 0.25) is 5.91 Å². The number of carbonyl (C=O) groups excluding carboxylic acids is 1. The van der Waals surface area contributed by atoms with E-state index < -0.39 is 0 Å². The lowest BCUT2D eigenvalue weighted by Gasteiger charge is -2.23. The topological polar surface area (TPSA) is 29.1 Å². The molecule has 2 fully saturated rings. The van der Waals surface area contributed by atoms with Crippen LogP contribution in [0, 0.1) is 17.8 Å². The summed E-state index contributed by atoms with van der Waals surface area (Å²) in [6.45, 7) is 3.92. The molecular formula is C11H19NO. The first-order valence-corrected chi connectivity index (χ1v) is 5.47. The van der Waals surface area contributed by atoms with Crippen molar-refractivity contribution in [3.63, 3.8) is 0 Å². The fourth-order valence-corrected chi connectivity index (χ4v) is 2.77. The van der Waals surface area contributed by atoms with E-state index in [4.69, 9.17) is 0 Å². The monoisotopic (exact) mass is 181 g/mol. The molecule has 2 nitrogen and oxygen atoms in total. The van der Waals surface area contributed by atoms with E-state index in [-0.39, 0.29) is 11.8 Å². The minimum absolute atomic E-state index is 0.138. The highest BCUT2D eigenvalue weighted by molar-refractivity contribution is 5.78. The second-order valence-corrected chi connectivity index (χ2v) is 4.94. The highest BCUT2D eigenvalue weighted by Gasteiger charge is 2.40. The zero-order valence-corrected chi connectivity index (χ0v) is 8.55. The Kier molecular flexibility index (Phi) is 2.31. The largest absolute Gasteiger partial charge is 0.353 e. The van der Waals surface area contributed by atoms with Gasteiger partial charge in [-0.15, -0.1) is 0 Å². The lowest BCUT2D eigenvalue weighted by Crippen LogP contribution is -2.40. The molecule has 1 amide bonds. The molecule has 2 rings (SSSR count). The summed E-state index contributed by atoms with van der Waals surface area (Å²) in [6.07, 6.45) is 5.35. The molecule has 13 heavy (non-hydrogen) atoms. The Balaban J connectivity index is 1.86. The van der Waals surface area contributed by atoms with Crippen LogP contribution in [0.1, 0.15) is 39.5 Å². The zero-order chi connectivity index (χ0) is 9.42. The van der Waals surface area contributed by atoms with E-state index in [1.807, 2.05) is 13.8 Å². The van der Waals surface area contributed by atoms with Crippen LogP contribution in [-0.2, 0) is 4.79 Å². The van der Waals surface area contributed by atoms with Crippen LogP contribution in [0.2, 0.25) is 0 Å². The average molecular weight is 181 g/mol. The second-order valence-electron chi connectivity index (χ2n) is 4.94. The molecule has 0 aromatic rings. The summed E-state index contributed by atoms with van der Waals surface area (Å²) in [5.74, 6) is 2.09. The summed E-state index contributed by atoms with van der Waals surface area (Å²) >= 11 is 0. The van der Waals surface area contributed by atoms with E-state index in [2.05, 4.69) is 5.32 Å². The fraction of sp³-hybridized carbons (Fsp3) is 0.909. The van der Waals surface area contributed by atoms with Crippen molar-refractivity contribution in [2.75, 3.05) is 0 Å². The Morgan fingerprint density at radius 1 is 1.31 bits per heavy atom. The van der Waals surface area contributed by atoms with E-state index in [0.29, 0.717) is 6.04 Å². The lowest BCUT2D eigenvalue weighted by atomic mass is 9.95. The van der Waals surface area contributed by atoms with Gasteiger partial charge >= 0.3 is 0 Å². The van der Waals surface area contributed by atoms with Crippen molar-refractivity contribution in [3.05, 3.63) is 0 Å². The zero-order valence-electron chi connectivity index (χ0n) is 8.55. The third-order valence-electron chi connectivity index (χ3n) is 3.59. The molecule has 2 saturated carbocycles. The first kappa shape index (κ1) is 9.04. The lowest BCUT2D eigenvalue weighted by molar-refractivity contribution is -0.125. The van der Waals surface area contributed by atoms with Crippen LogP contribution in [0.15, 0.2) is 0 Å². The molecule has 0 saturated heterocycles. The molecule has 0 aromatic carbocycles. The minimum atomic E-state index is 0.138. The molecule has 1 N–H and O–H groups in total. The summed E-state index contributed by atoms with van der Waals surface area (Å²) in [4.78, 5) is 11.5. The maximum absolute atomic E-state index is 11.5. The van der Waals surface area contributed by atoms with Crippen LogP contribution >= 0.6 is 0 Å². The Morgan fingerprint density at radius 3 is 2.54 bits per heavy atom. The van der Waals surface area contributed by atoms with E-state index in [1.54, 1.807) is 0 Å². The third kappa shape index (κ3) is 1.72. The number of hydrogen-bond acceptors (Lipinski definition) is 1. The van der Waals surface area contributed by atoms with Crippen LogP contribution in [0.25, 0.3) is 0 Å². The molecule has 3 unspecified atom stereocenters. The number of amides is 1. The molecule has 0 aliphatic heterocycles. The van der Waals surface area contributed by atoms with Gasteiger partial charge in [-0.2, -0.15) is 0 Å². The van der Waals surface area contributed by atoms with Crippen molar-refractivity contribution in [3.8, 4) is 0 Å². The van der Waals surface area contributed by atoms with E-state index >= 15 is 0 Å². The Morgan fingerprint density at radius 2 is 2.08 bits per heavy atom. The van der Waals surface area contributed by atoms with Crippen molar-refractivity contribution in [1.29, 1.82) is 0 Å². The van der Waals surface area contributed by atoms with Gasteiger partial charge in [-0.1, -0.05) is 20.3 Å². The van der Waals surface area contributed by atoms with Gasteiger partial charge in [-0.3, -0.25) is 4.79 Å². The molecule has 2 bridgehead atoms. The van der Waals surface area contributed by atoms with Crippen LogP contribution in [0.4, 0.5) is 0 Å². The Labute approximate surface area is 80.1 Å². The smallest absolute Gasteiger partial charge is 0.222 e. The van der Waals surface area contributed by atoms with Crippen LogP contribution < -0.4 is 5.32 Å². The summed E-state index contributed by atoms with van der Waals surface area (Å²) < 4.78 is 0. The van der Waals surface area contributed by atoms with Gasteiger partial charge in [-0.05, 0) is 31.1 Å². The molecule has 3 atom stereocenters. The van der Waals surface area contributed by atoms with Gasteiger partial charge in [0.15, 0.2) is 0 Å². The minimum Gasteiger partial charge on any atom is -0.353 e. The first-order valence-electron chi connectivity index (χ1n) is 5.47. The molecule has 2 heteroatoms. The van der Waals surface area contributed by atoms with Gasteiger partial charge in [0.1, 0.15) is 0 Å². The molecule has 2 aliphatic rings. The van der Waals surface area contributed by atoms with Crippen molar-refractivity contribution < 1.29 is 4.79 Å². The van der Waals surface area contributed by atoms with E-state index in [0.717, 1.165) is 11.8 Å². The number of carbonyl (C=O) groups is 1. The molecule has 0 spiro atoms. The second kappa shape index (κ2) is 3.32. The number of fused-ring (bicyclic) bond motifs is 2. The molecule has 0 aromatic heterocycles. The summed E-state index contributed by atoms with van der Waals surface area (Å²) in [6, 6.07) is 0.508. The summed E-state index contributed by atoms with van der Waals surface area (Å²) in [5, 5.41) is 3.17. The number of hydrogen-bond donors (Lipinski definition) is 1. The molecule has 0 radical (unpaired) electrons. The van der Waals surface area contributed by atoms with E-state index in [9.17, 15) is 4.79 Å². The van der Waals surface area contributed by atoms with Gasteiger partial charge in [-0.25, -0.2) is 0 Å². The predicted molar refractivity (Wildman–Crippen MR) is 52.2 cm³/mol. The predicted octanol–water partition coefficient (Wildman–Crippen LogP) is 1.95. The number of nitrogens with one attached hydrogen (secondary N) is 1. The maximum atomic E-state index is 11.5. The Bertz CT molecular complexity index is 212. The van der Waals surface area contributed by atoms with Crippen molar-refractivity contribution in [1.82, 2.24) is 5.32 Å². The third-order valence-corrected chi connectivity index (χ3v) is 3.59. The van der Waals surface area contributed by atoms with Crippen molar-refractivity contribution in [2.24, 2.45) is 17.8 Å². The summed E-state index contributed by atoms with van der Waals surface area (Å²) in [7, 11) is 0. The van der Waals surface area contributed by atoms with E-state index in [1.165, 1.54) is 25.7 Å². The Hall–Kier alpha value is -0.530. The molecule has 0 heterocycles. The van der Waals surface area contributed by atoms with Gasteiger partial charge in [0.05, 0.1) is 0 Å². The SMILES string of the molecule is CC(C)C(=O)NC1CC2CCC1C2. The van der Waals surface area contributed by atoms with Crippen LogP contribution in [-0.4, -0.2) is 11.9 Å². The van der Waals surface area contributed by atoms with Crippen molar-refractivity contribution in [2.45, 2.75) is 45.6 Å².